The Bertz CT molecular complexity index is 2220. The van der Waals surface area contributed by atoms with E-state index >= 15 is 0 Å². The summed E-state index contributed by atoms with van der Waals surface area (Å²) in [5.74, 6) is -2.64. The molecule has 0 spiro atoms. The molecular weight excluding hydrogens is 873 g/mol. The summed E-state index contributed by atoms with van der Waals surface area (Å²) >= 11 is 18.0. The second kappa shape index (κ2) is 21.9. The maximum atomic E-state index is 14.0. The van der Waals surface area contributed by atoms with Gasteiger partial charge in [-0.25, -0.2) is 23.0 Å². The molecule has 2 amide bonds. The van der Waals surface area contributed by atoms with E-state index in [0.717, 1.165) is 28.5 Å². The molecule has 5 rings (SSSR count). The summed E-state index contributed by atoms with van der Waals surface area (Å²) in [6.45, 7) is 3.51. The van der Waals surface area contributed by atoms with E-state index in [1.165, 1.54) is 4.90 Å². The normalized spacial score (nSPS) is 13.5. The van der Waals surface area contributed by atoms with Crippen molar-refractivity contribution in [3.63, 3.8) is 0 Å². The molecule has 0 aliphatic rings. The molecule has 0 fully saturated rings. The smallest absolute Gasteiger partial charge is 0.410 e. The molecule has 0 aliphatic carbocycles. The Hall–Kier alpha value is -4.92. The summed E-state index contributed by atoms with van der Waals surface area (Å²) in [6, 6.07) is 36.6. The van der Waals surface area contributed by atoms with Crippen molar-refractivity contribution < 1.29 is 32.6 Å². The third kappa shape index (κ3) is 13.3. The van der Waals surface area contributed by atoms with E-state index in [-0.39, 0.29) is 31.8 Å². The number of amides is 2. The molecule has 1 heterocycles. The first kappa shape index (κ1) is 48.1. The zero-order valence-electron chi connectivity index (χ0n) is 34.7. The Balaban J connectivity index is 1.46. The van der Waals surface area contributed by atoms with Crippen molar-refractivity contribution in [3.8, 4) is 0 Å². The first-order valence-electron chi connectivity index (χ1n) is 20.2. The van der Waals surface area contributed by atoms with E-state index in [9.17, 15) is 27.9 Å². The second-order valence-electron chi connectivity index (χ2n) is 15.5. The number of halogens is 3. The summed E-state index contributed by atoms with van der Waals surface area (Å²) in [5.41, 5.74) is 3.72. The van der Waals surface area contributed by atoms with Crippen LogP contribution in [-0.4, -0.2) is 99.6 Å². The number of carboxylic acid groups (broad SMARTS) is 1. The topological polar surface area (TPSA) is 160 Å². The Morgan fingerprint density at radius 3 is 1.81 bits per heavy atom. The van der Waals surface area contributed by atoms with Gasteiger partial charge in [0.2, 0.25) is 9.70 Å². The van der Waals surface area contributed by atoms with Crippen molar-refractivity contribution in [2.45, 2.75) is 60.6 Å². The third-order valence-electron chi connectivity index (χ3n) is 10.5. The van der Waals surface area contributed by atoms with Gasteiger partial charge in [0.05, 0.1) is 23.8 Å². The Labute approximate surface area is 378 Å². The van der Waals surface area contributed by atoms with Crippen LogP contribution >= 0.6 is 34.8 Å². The maximum Gasteiger partial charge on any atom is 0.410 e. The number of imidazole rings is 1. The van der Waals surface area contributed by atoms with E-state index < -0.39 is 67.6 Å². The monoisotopic (exact) mass is 923 g/mol. The number of carbonyl (C=O) groups excluding carboxylic acids is 2. The second-order valence-corrected chi connectivity index (χ2v) is 20.2. The van der Waals surface area contributed by atoms with Crippen molar-refractivity contribution >= 4 is 62.6 Å². The number of benzene rings is 4. The lowest BCUT2D eigenvalue weighted by molar-refractivity contribution is -0.142. The number of carboxylic acids is 1. The van der Waals surface area contributed by atoms with Crippen molar-refractivity contribution in [1.82, 2.24) is 25.1 Å². The number of nitrogens with zero attached hydrogens (tertiary/aromatic N) is 3. The van der Waals surface area contributed by atoms with Crippen LogP contribution < -0.4 is 10.6 Å². The highest BCUT2D eigenvalue weighted by Gasteiger charge is 2.39. The first-order chi connectivity index (χ1) is 29.5. The van der Waals surface area contributed by atoms with Crippen LogP contribution in [0.4, 0.5) is 4.79 Å². The van der Waals surface area contributed by atoms with Gasteiger partial charge < -0.3 is 29.9 Å². The highest BCUT2D eigenvalue weighted by Crippen LogP contribution is 2.41. The number of carbonyl (C=O) groups is 3. The van der Waals surface area contributed by atoms with E-state index in [1.54, 1.807) is 6.33 Å². The van der Waals surface area contributed by atoms with Gasteiger partial charge in [-0.15, -0.1) is 0 Å². The number of hydrogen-bond acceptors (Lipinski definition) is 8. The molecular formula is C46H52Cl3N5O7S. The largest absolute Gasteiger partial charge is 0.480 e. The predicted octanol–water partition coefficient (Wildman–Crippen LogP) is 7.30. The maximum absolute atomic E-state index is 14.0. The highest BCUT2D eigenvalue weighted by molar-refractivity contribution is 7.90. The molecule has 12 nitrogen and oxygen atoms in total. The van der Waals surface area contributed by atoms with Gasteiger partial charge in [-0.2, -0.15) is 0 Å². The fourth-order valence-electron chi connectivity index (χ4n) is 7.45. The van der Waals surface area contributed by atoms with Gasteiger partial charge in [0, 0.05) is 38.0 Å². The summed E-state index contributed by atoms with van der Waals surface area (Å²) < 4.78 is 29.5. The molecule has 0 saturated heterocycles. The fourth-order valence-corrected chi connectivity index (χ4v) is 8.28. The quantitative estimate of drug-likeness (QED) is 0.0507. The molecule has 0 aliphatic heterocycles. The van der Waals surface area contributed by atoms with Crippen molar-refractivity contribution in [3.05, 3.63) is 162 Å². The van der Waals surface area contributed by atoms with Crippen LogP contribution in [0.3, 0.4) is 0 Å². The van der Waals surface area contributed by atoms with Crippen LogP contribution in [0.15, 0.2) is 134 Å². The van der Waals surface area contributed by atoms with Crippen LogP contribution in [0, 0.1) is 5.92 Å². The molecule has 0 bridgehead atoms. The molecule has 62 heavy (non-hydrogen) atoms. The average Bonchev–Trinajstić information content (AvgIpc) is 3.72. The van der Waals surface area contributed by atoms with Gasteiger partial charge in [0.15, 0.2) is 0 Å². The molecule has 1 unspecified atom stereocenters. The molecule has 3 N–H and O–H groups in total. The Morgan fingerprint density at radius 1 is 0.823 bits per heavy atom. The molecule has 1 aromatic heterocycles. The molecule has 16 heteroatoms. The Morgan fingerprint density at radius 2 is 1.34 bits per heavy atom. The first-order valence-corrected chi connectivity index (χ1v) is 23.4. The summed E-state index contributed by atoms with van der Waals surface area (Å²) in [7, 11) is -3.50. The van der Waals surface area contributed by atoms with Crippen LogP contribution in [0.5, 0.6) is 0 Å². The average molecular weight is 925 g/mol. The molecule has 3 atom stereocenters. The van der Waals surface area contributed by atoms with E-state index in [0.29, 0.717) is 12.1 Å². The minimum atomic E-state index is -3.50. The zero-order valence-corrected chi connectivity index (χ0v) is 37.8. The fraction of sp³-hybridized carbons (Fsp3) is 0.348. The van der Waals surface area contributed by atoms with Crippen LogP contribution in [0.25, 0.3) is 0 Å². The number of aliphatic carboxylic acids is 1. The number of rotatable bonds is 21. The summed E-state index contributed by atoms with van der Waals surface area (Å²) in [5, 5.41) is 15.7. The van der Waals surface area contributed by atoms with Gasteiger partial charge in [-0.05, 0) is 41.0 Å². The SMILES string of the molecule is CC(C)[C@@H](CN[C@@H](Cc1ccccc1)C(=O)NC(CCS(C)(=O)=O)C(=O)O)N(CCc1cn(C(c2ccccc2)(c2ccccc2)c2ccccc2)cn1)C(=O)OCC(Cl)(Cl)Cl. The molecule has 4 aromatic carbocycles. The standard InChI is InChI=1S/C46H52Cl3N5O7S/c1-33(2)41(29-50-40(28-34-16-8-4-9-17-34)42(55)52-39(43(56)57)25-27-62(3,59)60)54(44(58)61-31-45(47,48)49)26-24-38-30-53(32-51-38)46(35-18-10-5-11-19-35,36-20-12-6-13-21-36)37-22-14-7-15-23-37/h4-23,30,32-33,39-41,50H,24-29,31H2,1-3H3,(H,52,55)(H,56,57)/t39?,40-,41+/m0/s1. The van der Waals surface area contributed by atoms with Crippen LogP contribution in [-0.2, 0) is 42.5 Å². The number of sulfone groups is 1. The van der Waals surface area contributed by atoms with Gasteiger partial charge in [0.25, 0.3) is 0 Å². The van der Waals surface area contributed by atoms with E-state index in [4.69, 9.17) is 44.5 Å². The highest BCUT2D eigenvalue weighted by atomic mass is 35.6. The van der Waals surface area contributed by atoms with Crippen LogP contribution in [0.2, 0.25) is 0 Å². The summed E-state index contributed by atoms with van der Waals surface area (Å²) in [6.07, 6.45) is 4.17. The van der Waals surface area contributed by atoms with Crippen molar-refractivity contribution in [1.29, 1.82) is 0 Å². The minimum absolute atomic E-state index is 0.0695. The predicted molar refractivity (Wildman–Crippen MR) is 243 cm³/mol. The lowest BCUT2D eigenvalue weighted by Crippen LogP contribution is -2.56. The number of alkyl halides is 3. The van der Waals surface area contributed by atoms with Crippen LogP contribution in [0.1, 0.15) is 48.2 Å². The lowest BCUT2D eigenvalue weighted by Gasteiger charge is -2.37. The molecule has 0 saturated carbocycles. The van der Waals surface area contributed by atoms with Gasteiger partial charge in [0.1, 0.15) is 28.0 Å². The molecule has 5 aromatic rings. The number of aromatic nitrogens is 2. The third-order valence-corrected chi connectivity index (χ3v) is 11.8. The number of nitrogens with one attached hydrogen (secondary N) is 2. The van der Waals surface area contributed by atoms with E-state index in [1.807, 2.05) is 105 Å². The number of ether oxygens (including phenoxy) is 1. The summed E-state index contributed by atoms with van der Waals surface area (Å²) in [4.78, 5) is 46.4. The molecule has 0 radical (unpaired) electrons. The molecule has 330 valence electrons. The Kier molecular flexibility index (Phi) is 17.0. The van der Waals surface area contributed by atoms with Crippen molar-refractivity contribution in [2.75, 3.05) is 31.7 Å². The van der Waals surface area contributed by atoms with Gasteiger partial charge >= 0.3 is 12.1 Å². The van der Waals surface area contributed by atoms with Gasteiger partial charge in [-0.3, -0.25) is 4.79 Å². The van der Waals surface area contributed by atoms with Gasteiger partial charge in [-0.1, -0.05) is 170 Å². The van der Waals surface area contributed by atoms with Crippen molar-refractivity contribution in [2.24, 2.45) is 5.92 Å². The number of hydrogen-bond donors (Lipinski definition) is 3. The van der Waals surface area contributed by atoms with E-state index in [2.05, 4.69) is 51.6 Å². The minimum Gasteiger partial charge on any atom is -0.480 e. The lowest BCUT2D eigenvalue weighted by atomic mass is 9.77. The zero-order chi connectivity index (χ0) is 44.9.